The maximum absolute atomic E-state index is 10.6. The second-order valence-electron chi connectivity index (χ2n) is 3.95. The van der Waals surface area contributed by atoms with E-state index in [1.807, 2.05) is 13.8 Å². The maximum atomic E-state index is 10.6. The third-order valence-electron chi connectivity index (χ3n) is 1.40. The van der Waals surface area contributed by atoms with Crippen molar-refractivity contribution in [3.63, 3.8) is 0 Å². The van der Waals surface area contributed by atoms with Gasteiger partial charge in [-0.25, -0.2) is 4.79 Å². The Morgan fingerprint density at radius 2 is 1.76 bits per heavy atom. The molecule has 6 nitrogen and oxygen atoms in total. The van der Waals surface area contributed by atoms with Crippen LogP contribution < -0.4 is 5.73 Å². The van der Waals surface area contributed by atoms with Gasteiger partial charge >= 0.3 is 12.1 Å². The number of hydrogen-bond acceptors (Lipinski definition) is 4. The molecule has 0 aromatic heterocycles. The number of nitro groups is 1. The van der Waals surface area contributed by atoms with E-state index in [-0.39, 0.29) is 17.0 Å². The molecule has 17 heavy (non-hydrogen) atoms. The molecule has 0 rings (SSSR count). The standard InChI is InChI=1S/C6H14N2O2.C2HF3O2/c1-6(2,7)4-3-5-8(9)10;3-2(4,5)1(6)7/h3-5,7H2,1-2H3;(H,6,7). The van der Waals surface area contributed by atoms with E-state index in [1.165, 1.54) is 0 Å². The lowest BCUT2D eigenvalue weighted by Gasteiger charge is -2.16. The maximum Gasteiger partial charge on any atom is 0.490 e. The summed E-state index contributed by atoms with van der Waals surface area (Å²) < 4.78 is 31.7. The molecule has 0 amide bonds. The highest BCUT2D eigenvalue weighted by atomic mass is 19.4. The zero-order chi connectivity index (χ0) is 14.3. The van der Waals surface area contributed by atoms with E-state index in [0.29, 0.717) is 12.8 Å². The predicted molar refractivity (Wildman–Crippen MR) is 53.1 cm³/mol. The molecule has 0 aromatic carbocycles. The molecule has 102 valence electrons. The van der Waals surface area contributed by atoms with E-state index in [1.54, 1.807) is 0 Å². The Morgan fingerprint density at radius 1 is 1.41 bits per heavy atom. The molecule has 3 N–H and O–H groups in total. The number of carboxylic acid groups (broad SMARTS) is 1. The first-order chi connectivity index (χ1) is 7.36. The molecule has 0 aromatic rings. The molecule has 0 saturated carbocycles. The van der Waals surface area contributed by atoms with Gasteiger partial charge in [0.25, 0.3) is 0 Å². The number of halogens is 3. The van der Waals surface area contributed by atoms with Gasteiger partial charge < -0.3 is 10.8 Å². The minimum Gasteiger partial charge on any atom is -0.475 e. The van der Waals surface area contributed by atoms with Gasteiger partial charge in [-0.1, -0.05) is 0 Å². The van der Waals surface area contributed by atoms with Crippen LogP contribution in [0.25, 0.3) is 0 Å². The highest BCUT2D eigenvalue weighted by Crippen LogP contribution is 2.13. The molecule has 0 bridgehead atoms. The quantitative estimate of drug-likeness (QED) is 0.587. The van der Waals surface area contributed by atoms with E-state index < -0.39 is 12.1 Å². The van der Waals surface area contributed by atoms with Gasteiger partial charge in [0.15, 0.2) is 0 Å². The van der Waals surface area contributed by atoms with Crippen LogP contribution in [0.3, 0.4) is 0 Å². The highest BCUT2D eigenvalue weighted by Gasteiger charge is 2.38. The minimum atomic E-state index is -5.08. The van der Waals surface area contributed by atoms with Crippen molar-refractivity contribution < 1.29 is 28.0 Å². The van der Waals surface area contributed by atoms with E-state index in [2.05, 4.69) is 0 Å². The van der Waals surface area contributed by atoms with E-state index in [0.717, 1.165) is 0 Å². The summed E-state index contributed by atoms with van der Waals surface area (Å²) in [5, 5.41) is 17.0. The van der Waals surface area contributed by atoms with Gasteiger partial charge in [0.05, 0.1) is 0 Å². The molecule has 0 aliphatic rings. The highest BCUT2D eigenvalue weighted by molar-refractivity contribution is 5.73. The van der Waals surface area contributed by atoms with Crippen LogP contribution >= 0.6 is 0 Å². The first kappa shape index (κ1) is 18.0. The topological polar surface area (TPSA) is 106 Å². The molecule has 0 atom stereocenters. The second kappa shape index (κ2) is 7.05. The van der Waals surface area contributed by atoms with Crippen LogP contribution in [-0.4, -0.2) is 34.3 Å². The average Bonchev–Trinajstić information content (AvgIpc) is 1.99. The van der Waals surface area contributed by atoms with Crippen molar-refractivity contribution in [2.75, 3.05) is 6.54 Å². The van der Waals surface area contributed by atoms with E-state index in [9.17, 15) is 23.3 Å². The van der Waals surface area contributed by atoms with E-state index in [4.69, 9.17) is 15.6 Å². The normalized spacial score (nSPS) is 11.4. The number of carboxylic acids is 1. The van der Waals surface area contributed by atoms with Crippen molar-refractivity contribution in [3.05, 3.63) is 10.1 Å². The number of aliphatic carboxylic acids is 1. The number of rotatable bonds is 4. The fourth-order valence-electron chi connectivity index (χ4n) is 0.664. The van der Waals surface area contributed by atoms with Crippen LogP contribution in [0.2, 0.25) is 0 Å². The van der Waals surface area contributed by atoms with Gasteiger partial charge in [0, 0.05) is 16.9 Å². The van der Waals surface area contributed by atoms with Crippen LogP contribution in [0.1, 0.15) is 26.7 Å². The average molecular weight is 260 g/mol. The minimum absolute atomic E-state index is 0.0284. The first-order valence-electron chi connectivity index (χ1n) is 4.57. The number of carbonyl (C=O) groups is 1. The fraction of sp³-hybridized carbons (Fsp3) is 0.875. The molecule has 0 saturated heterocycles. The van der Waals surface area contributed by atoms with Gasteiger partial charge in [0.2, 0.25) is 6.54 Å². The molecular formula is C8H15F3N2O4. The van der Waals surface area contributed by atoms with Gasteiger partial charge in [0.1, 0.15) is 0 Å². The summed E-state index contributed by atoms with van der Waals surface area (Å²) in [5.41, 5.74) is 5.33. The number of nitrogens with zero attached hydrogens (tertiary/aromatic N) is 1. The Morgan fingerprint density at radius 3 is 1.94 bits per heavy atom. The zero-order valence-corrected chi connectivity index (χ0v) is 9.45. The molecule has 0 aliphatic heterocycles. The van der Waals surface area contributed by atoms with Gasteiger partial charge in [-0.05, 0) is 20.3 Å². The Labute approximate surface area is 95.7 Å². The molecule has 0 fully saturated rings. The SMILES string of the molecule is CC(C)(N)CCC[N+](=O)[O-].O=C(O)C(F)(F)F. The summed E-state index contributed by atoms with van der Waals surface area (Å²) in [5.74, 6) is -2.76. The van der Waals surface area contributed by atoms with Crippen LogP contribution in [0.15, 0.2) is 0 Å². The predicted octanol–water partition coefficient (Wildman–Crippen LogP) is 1.41. The summed E-state index contributed by atoms with van der Waals surface area (Å²) in [7, 11) is 0. The molecule has 0 radical (unpaired) electrons. The van der Waals surface area contributed by atoms with Crippen molar-refractivity contribution in [2.24, 2.45) is 5.73 Å². The monoisotopic (exact) mass is 260 g/mol. The Bertz CT molecular complexity index is 260. The lowest BCUT2D eigenvalue weighted by atomic mass is 10.0. The van der Waals surface area contributed by atoms with Gasteiger partial charge in [-0.3, -0.25) is 10.1 Å². The molecule has 0 spiro atoms. The molecule has 0 heterocycles. The Hall–Kier alpha value is -1.38. The largest absolute Gasteiger partial charge is 0.490 e. The third-order valence-corrected chi connectivity index (χ3v) is 1.40. The Balaban J connectivity index is 0. The fourth-order valence-corrected chi connectivity index (χ4v) is 0.664. The van der Waals surface area contributed by atoms with Crippen LogP contribution in [0.5, 0.6) is 0 Å². The summed E-state index contributed by atoms with van der Waals surface area (Å²) in [6.45, 7) is 3.76. The lowest BCUT2D eigenvalue weighted by molar-refractivity contribution is -0.480. The van der Waals surface area contributed by atoms with Crippen LogP contribution in [0.4, 0.5) is 13.2 Å². The summed E-state index contributed by atoms with van der Waals surface area (Å²) in [6.07, 6.45) is -3.82. The molecule has 0 unspecified atom stereocenters. The summed E-state index contributed by atoms with van der Waals surface area (Å²) >= 11 is 0. The summed E-state index contributed by atoms with van der Waals surface area (Å²) in [4.78, 5) is 18.4. The van der Waals surface area contributed by atoms with Crippen molar-refractivity contribution in [1.82, 2.24) is 0 Å². The van der Waals surface area contributed by atoms with E-state index >= 15 is 0 Å². The Kier molecular flexibility index (Phi) is 7.46. The zero-order valence-electron chi connectivity index (χ0n) is 9.45. The number of hydrogen-bond donors (Lipinski definition) is 2. The van der Waals surface area contributed by atoms with Crippen LogP contribution in [-0.2, 0) is 4.79 Å². The van der Waals surface area contributed by atoms with Gasteiger partial charge in [-0.15, -0.1) is 0 Å². The van der Waals surface area contributed by atoms with Crippen LogP contribution in [0, 0.1) is 10.1 Å². The van der Waals surface area contributed by atoms with Crippen molar-refractivity contribution >= 4 is 5.97 Å². The smallest absolute Gasteiger partial charge is 0.475 e. The van der Waals surface area contributed by atoms with Gasteiger partial charge in [-0.2, -0.15) is 13.2 Å². The van der Waals surface area contributed by atoms with Crippen molar-refractivity contribution in [1.29, 1.82) is 0 Å². The van der Waals surface area contributed by atoms with Crippen molar-refractivity contribution in [3.8, 4) is 0 Å². The third kappa shape index (κ3) is 17.2. The molecule has 0 aliphatic carbocycles. The summed E-state index contributed by atoms with van der Waals surface area (Å²) in [6, 6.07) is 0. The molecular weight excluding hydrogens is 245 g/mol. The second-order valence-corrected chi connectivity index (χ2v) is 3.95. The lowest BCUT2D eigenvalue weighted by Crippen LogP contribution is -2.32. The number of alkyl halides is 3. The van der Waals surface area contributed by atoms with Crippen molar-refractivity contribution in [2.45, 2.75) is 38.4 Å². The first-order valence-corrected chi connectivity index (χ1v) is 4.57. The molecule has 9 heteroatoms. The number of nitrogens with two attached hydrogens (primary N) is 1.